The third-order valence-electron chi connectivity index (χ3n) is 4.55. The van der Waals surface area contributed by atoms with Crippen molar-refractivity contribution >= 4 is 5.95 Å². The Morgan fingerprint density at radius 2 is 1.92 bits per heavy atom. The molecule has 128 valence electrons. The van der Waals surface area contributed by atoms with E-state index in [1.807, 2.05) is 12.4 Å². The highest BCUT2D eigenvalue weighted by molar-refractivity contribution is 5.23. The maximum Gasteiger partial charge on any atom is 0.222 e. The molecule has 1 aromatic heterocycles. The maximum absolute atomic E-state index is 13.0. The van der Waals surface area contributed by atoms with Crippen molar-refractivity contribution in [2.75, 3.05) is 25.5 Å². The van der Waals surface area contributed by atoms with Gasteiger partial charge in [-0.05, 0) is 43.0 Å². The molecule has 1 aliphatic rings. The topological polar surface area (TPSA) is 61.3 Å². The number of rotatable bonds is 5. The second kappa shape index (κ2) is 7.68. The standard InChI is InChI=1S/C18H23FN4O/c1-20-18-21-9-14(10-22-18)11-23-7-6-15(17(24)12-23)8-13-2-4-16(19)5-3-13/h2-5,9-10,15,17,24H,6-8,11-12H2,1H3,(H,20,21,22)/t15-,17+/m1/s1. The van der Waals surface area contributed by atoms with E-state index >= 15 is 0 Å². The Morgan fingerprint density at radius 1 is 1.21 bits per heavy atom. The summed E-state index contributed by atoms with van der Waals surface area (Å²) in [5.74, 6) is 0.604. The van der Waals surface area contributed by atoms with Gasteiger partial charge in [-0.1, -0.05) is 12.1 Å². The van der Waals surface area contributed by atoms with Crippen molar-refractivity contribution in [1.29, 1.82) is 0 Å². The van der Waals surface area contributed by atoms with Crippen LogP contribution < -0.4 is 5.32 Å². The molecule has 5 nitrogen and oxygen atoms in total. The lowest BCUT2D eigenvalue weighted by Gasteiger charge is -2.36. The normalized spacial score (nSPS) is 21.6. The molecule has 1 saturated heterocycles. The summed E-state index contributed by atoms with van der Waals surface area (Å²) < 4.78 is 13.0. The Labute approximate surface area is 141 Å². The van der Waals surface area contributed by atoms with Crippen LogP contribution in [-0.2, 0) is 13.0 Å². The highest BCUT2D eigenvalue weighted by Crippen LogP contribution is 2.23. The lowest BCUT2D eigenvalue weighted by atomic mass is 9.88. The first-order chi connectivity index (χ1) is 11.6. The average molecular weight is 330 g/mol. The summed E-state index contributed by atoms with van der Waals surface area (Å²) in [5, 5.41) is 13.4. The number of halogens is 1. The monoisotopic (exact) mass is 330 g/mol. The van der Waals surface area contributed by atoms with Gasteiger partial charge in [-0.2, -0.15) is 0 Å². The van der Waals surface area contributed by atoms with Crippen molar-refractivity contribution < 1.29 is 9.50 Å². The van der Waals surface area contributed by atoms with Crippen molar-refractivity contribution in [3.63, 3.8) is 0 Å². The summed E-state index contributed by atoms with van der Waals surface area (Å²) in [7, 11) is 1.79. The van der Waals surface area contributed by atoms with Gasteiger partial charge >= 0.3 is 0 Å². The van der Waals surface area contributed by atoms with E-state index in [1.54, 1.807) is 19.2 Å². The first-order valence-electron chi connectivity index (χ1n) is 8.27. The second-order valence-electron chi connectivity index (χ2n) is 6.35. The van der Waals surface area contributed by atoms with E-state index < -0.39 is 0 Å². The highest BCUT2D eigenvalue weighted by Gasteiger charge is 2.27. The van der Waals surface area contributed by atoms with E-state index in [1.165, 1.54) is 12.1 Å². The van der Waals surface area contributed by atoms with Gasteiger partial charge in [0.1, 0.15) is 5.82 Å². The van der Waals surface area contributed by atoms with Crippen LogP contribution in [0, 0.1) is 11.7 Å². The van der Waals surface area contributed by atoms with Crippen molar-refractivity contribution in [3.05, 3.63) is 53.6 Å². The second-order valence-corrected chi connectivity index (χ2v) is 6.35. The number of aromatic nitrogens is 2. The molecule has 0 unspecified atom stereocenters. The van der Waals surface area contributed by atoms with E-state index in [0.29, 0.717) is 12.5 Å². The number of anilines is 1. The Bertz CT molecular complexity index is 647. The van der Waals surface area contributed by atoms with Crippen LogP contribution in [0.25, 0.3) is 0 Å². The number of likely N-dealkylation sites (tertiary alicyclic amines) is 1. The number of aliphatic hydroxyl groups excluding tert-OH is 1. The number of aliphatic hydroxyl groups is 1. The van der Waals surface area contributed by atoms with Crippen LogP contribution in [0.3, 0.4) is 0 Å². The molecule has 1 aliphatic heterocycles. The van der Waals surface area contributed by atoms with Gasteiger partial charge in [0.15, 0.2) is 0 Å². The summed E-state index contributed by atoms with van der Waals surface area (Å²) >= 11 is 0. The minimum Gasteiger partial charge on any atom is -0.391 e. The molecule has 0 radical (unpaired) electrons. The fourth-order valence-corrected chi connectivity index (χ4v) is 3.17. The number of piperidine rings is 1. The van der Waals surface area contributed by atoms with E-state index in [4.69, 9.17) is 0 Å². The first-order valence-corrected chi connectivity index (χ1v) is 8.27. The number of β-amino-alcohol motifs (C(OH)–C–C–N with tert-alkyl or cyclic N) is 1. The Hall–Kier alpha value is -2.05. The summed E-state index contributed by atoms with van der Waals surface area (Å²) in [4.78, 5) is 10.7. The molecule has 0 spiro atoms. The molecule has 2 atom stereocenters. The molecule has 6 heteroatoms. The van der Waals surface area contributed by atoms with Gasteiger partial charge in [0.2, 0.25) is 5.95 Å². The Morgan fingerprint density at radius 3 is 2.54 bits per heavy atom. The molecule has 1 fully saturated rings. The van der Waals surface area contributed by atoms with E-state index in [2.05, 4.69) is 20.2 Å². The van der Waals surface area contributed by atoms with Crippen LogP contribution in [0.15, 0.2) is 36.7 Å². The molecular formula is C18H23FN4O. The molecular weight excluding hydrogens is 307 g/mol. The van der Waals surface area contributed by atoms with E-state index in [9.17, 15) is 9.50 Å². The number of hydrogen-bond donors (Lipinski definition) is 2. The predicted octanol–water partition coefficient (Wildman–Crippen LogP) is 2.08. The van der Waals surface area contributed by atoms with Gasteiger partial charge in [0.25, 0.3) is 0 Å². The zero-order valence-corrected chi connectivity index (χ0v) is 13.8. The van der Waals surface area contributed by atoms with Gasteiger partial charge in [-0.15, -0.1) is 0 Å². The zero-order valence-electron chi connectivity index (χ0n) is 13.8. The summed E-state index contributed by atoms with van der Waals surface area (Å²) in [6, 6.07) is 6.56. The third kappa shape index (κ3) is 4.27. The van der Waals surface area contributed by atoms with E-state index in [0.717, 1.165) is 37.1 Å². The number of nitrogens with zero attached hydrogens (tertiary/aromatic N) is 3. The minimum atomic E-state index is -0.374. The Kier molecular flexibility index (Phi) is 5.37. The molecule has 2 aromatic rings. The van der Waals surface area contributed by atoms with Crippen molar-refractivity contribution in [2.45, 2.75) is 25.5 Å². The van der Waals surface area contributed by atoms with Gasteiger partial charge in [0, 0.05) is 38.1 Å². The molecule has 2 heterocycles. The van der Waals surface area contributed by atoms with Gasteiger partial charge in [0.05, 0.1) is 6.10 Å². The van der Waals surface area contributed by atoms with E-state index in [-0.39, 0.29) is 17.8 Å². The smallest absolute Gasteiger partial charge is 0.222 e. The van der Waals surface area contributed by atoms with Crippen LogP contribution in [0.2, 0.25) is 0 Å². The van der Waals surface area contributed by atoms with Gasteiger partial charge < -0.3 is 10.4 Å². The fraction of sp³-hybridized carbons (Fsp3) is 0.444. The molecule has 0 bridgehead atoms. The maximum atomic E-state index is 13.0. The molecule has 24 heavy (non-hydrogen) atoms. The summed E-state index contributed by atoms with van der Waals surface area (Å²) in [6.07, 6.45) is 4.97. The SMILES string of the molecule is CNc1ncc(CN2CC[C@H](Cc3ccc(F)cc3)[C@@H](O)C2)cn1. The molecule has 0 aliphatic carbocycles. The minimum absolute atomic E-state index is 0.217. The molecule has 1 aromatic carbocycles. The molecule has 2 N–H and O–H groups in total. The lowest BCUT2D eigenvalue weighted by Crippen LogP contribution is -2.44. The Balaban J connectivity index is 1.53. The van der Waals surface area contributed by atoms with Crippen LogP contribution in [-0.4, -0.2) is 46.2 Å². The summed E-state index contributed by atoms with van der Waals surface area (Å²) in [6.45, 7) is 2.31. The van der Waals surface area contributed by atoms with Crippen molar-refractivity contribution in [3.8, 4) is 0 Å². The first kappa shape index (κ1) is 16.8. The molecule has 0 amide bonds. The lowest BCUT2D eigenvalue weighted by molar-refractivity contribution is 0.0187. The van der Waals surface area contributed by atoms with Gasteiger partial charge in [-0.25, -0.2) is 14.4 Å². The molecule has 3 rings (SSSR count). The summed E-state index contributed by atoms with van der Waals surface area (Å²) in [5.41, 5.74) is 2.11. The van der Waals surface area contributed by atoms with Crippen molar-refractivity contribution in [2.24, 2.45) is 5.92 Å². The fourth-order valence-electron chi connectivity index (χ4n) is 3.17. The number of benzene rings is 1. The number of nitrogens with one attached hydrogen (secondary N) is 1. The van der Waals surface area contributed by atoms with Crippen LogP contribution in [0.1, 0.15) is 17.5 Å². The average Bonchev–Trinajstić information content (AvgIpc) is 2.60. The zero-order chi connectivity index (χ0) is 16.9. The number of hydrogen-bond acceptors (Lipinski definition) is 5. The van der Waals surface area contributed by atoms with Crippen LogP contribution in [0.5, 0.6) is 0 Å². The van der Waals surface area contributed by atoms with Crippen LogP contribution in [0.4, 0.5) is 10.3 Å². The predicted molar refractivity (Wildman–Crippen MR) is 91.1 cm³/mol. The van der Waals surface area contributed by atoms with Crippen molar-refractivity contribution in [1.82, 2.24) is 14.9 Å². The molecule has 0 saturated carbocycles. The quantitative estimate of drug-likeness (QED) is 0.879. The highest BCUT2D eigenvalue weighted by atomic mass is 19.1. The van der Waals surface area contributed by atoms with Gasteiger partial charge in [-0.3, -0.25) is 4.90 Å². The van der Waals surface area contributed by atoms with Crippen LogP contribution >= 0.6 is 0 Å². The third-order valence-corrected chi connectivity index (χ3v) is 4.55. The largest absolute Gasteiger partial charge is 0.391 e.